The molecule has 0 bridgehead atoms. The van der Waals surface area contributed by atoms with Crippen molar-refractivity contribution in [2.75, 3.05) is 0 Å². The molecule has 0 aliphatic carbocycles. The summed E-state index contributed by atoms with van der Waals surface area (Å²) in [6.45, 7) is 1.92. The van der Waals surface area contributed by atoms with Crippen LogP contribution in [-0.2, 0) is 22.6 Å². The summed E-state index contributed by atoms with van der Waals surface area (Å²) in [6.07, 6.45) is 1.75. The maximum atomic E-state index is 12.8. The Morgan fingerprint density at radius 3 is 2.38 bits per heavy atom. The molecule has 0 fully saturated rings. The highest BCUT2D eigenvalue weighted by molar-refractivity contribution is 7.90. The molecule has 2 heterocycles. The molecule has 34 heavy (non-hydrogen) atoms. The first-order valence-electron chi connectivity index (χ1n) is 10.7. The van der Waals surface area contributed by atoms with Crippen LogP contribution < -0.4 is 0 Å². The lowest BCUT2D eigenvalue weighted by molar-refractivity contribution is 0.432. The van der Waals surface area contributed by atoms with Crippen LogP contribution in [0.15, 0.2) is 94.5 Å². The summed E-state index contributed by atoms with van der Waals surface area (Å²) in [5.74, 6) is 0.671. The number of sulfone groups is 1. The van der Waals surface area contributed by atoms with Gasteiger partial charge in [-0.25, -0.2) is 8.42 Å². The number of hydrogen-bond donors (Lipinski definition) is 0. The van der Waals surface area contributed by atoms with Crippen molar-refractivity contribution in [2.45, 2.75) is 17.6 Å². The van der Waals surface area contributed by atoms with Crippen LogP contribution in [0.4, 0.5) is 0 Å². The largest absolute Gasteiger partial charge is 0.334 e. The molecule has 0 aliphatic rings. The van der Waals surface area contributed by atoms with E-state index in [9.17, 15) is 8.42 Å². The third-order valence-electron chi connectivity index (χ3n) is 5.57. The Balaban J connectivity index is 1.41. The summed E-state index contributed by atoms with van der Waals surface area (Å²) in [4.78, 5) is 4.85. The van der Waals surface area contributed by atoms with Gasteiger partial charge in [0.2, 0.25) is 5.82 Å². The number of aromatic nitrogens is 4. The van der Waals surface area contributed by atoms with Crippen molar-refractivity contribution in [3.8, 4) is 34.1 Å². The Hall–Kier alpha value is -4.04. The van der Waals surface area contributed by atoms with Gasteiger partial charge in [0, 0.05) is 29.9 Å². The van der Waals surface area contributed by atoms with E-state index in [1.807, 2.05) is 50.4 Å². The predicted octanol–water partition coefficient (Wildman–Crippen LogP) is 5.09. The van der Waals surface area contributed by atoms with Crippen LogP contribution in [0.1, 0.15) is 11.1 Å². The van der Waals surface area contributed by atoms with Crippen molar-refractivity contribution in [3.63, 3.8) is 0 Å². The molecule has 0 amide bonds. The third kappa shape index (κ3) is 4.40. The van der Waals surface area contributed by atoms with Crippen LogP contribution in [0.3, 0.4) is 0 Å². The molecule has 7 nitrogen and oxygen atoms in total. The summed E-state index contributed by atoms with van der Waals surface area (Å²) >= 11 is 0. The van der Waals surface area contributed by atoms with Gasteiger partial charge >= 0.3 is 0 Å². The van der Waals surface area contributed by atoms with E-state index in [1.165, 1.54) is 0 Å². The van der Waals surface area contributed by atoms with Gasteiger partial charge in [0.1, 0.15) is 0 Å². The fourth-order valence-electron chi connectivity index (χ4n) is 3.78. The third-order valence-corrected chi connectivity index (χ3v) is 7.28. The zero-order valence-corrected chi connectivity index (χ0v) is 19.5. The number of rotatable bonds is 6. The first kappa shape index (κ1) is 21.8. The molecule has 0 spiro atoms. The molecule has 8 heteroatoms. The maximum absolute atomic E-state index is 12.8. The molecule has 0 radical (unpaired) electrons. The van der Waals surface area contributed by atoms with E-state index in [0.717, 1.165) is 22.4 Å². The minimum Gasteiger partial charge on any atom is -0.334 e. The van der Waals surface area contributed by atoms with Crippen molar-refractivity contribution in [1.29, 1.82) is 0 Å². The second kappa shape index (κ2) is 8.72. The van der Waals surface area contributed by atoms with Crippen molar-refractivity contribution in [2.24, 2.45) is 7.05 Å². The molecule has 170 valence electrons. The molecule has 2 aromatic heterocycles. The van der Waals surface area contributed by atoms with E-state index in [0.29, 0.717) is 27.7 Å². The Kier molecular flexibility index (Phi) is 5.59. The van der Waals surface area contributed by atoms with E-state index in [4.69, 9.17) is 4.52 Å². The van der Waals surface area contributed by atoms with E-state index in [2.05, 4.69) is 15.2 Å². The lowest BCUT2D eigenvalue weighted by atomic mass is 10.1. The average Bonchev–Trinajstić information content (AvgIpc) is 3.49. The van der Waals surface area contributed by atoms with Crippen LogP contribution >= 0.6 is 0 Å². The normalized spacial score (nSPS) is 11.6. The van der Waals surface area contributed by atoms with Crippen LogP contribution in [0.5, 0.6) is 0 Å². The first-order valence-corrected chi connectivity index (χ1v) is 12.4. The number of hydrogen-bond acceptors (Lipinski definition) is 6. The number of aryl methyl sites for hydroxylation is 2. The molecule has 0 saturated heterocycles. The number of nitrogens with zero attached hydrogens (tertiary/aromatic N) is 4. The van der Waals surface area contributed by atoms with Gasteiger partial charge in [-0.05, 0) is 48.9 Å². The average molecular weight is 471 g/mol. The maximum Gasteiger partial charge on any atom is 0.258 e. The fraction of sp³-hybridized carbons (Fsp3) is 0.115. The molecule has 0 unspecified atom stereocenters. The molecule has 5 rings (SSSR count). The summed E-state index contributed by atoms with van der Waals surface area (Å²) < 4.78 is 33.0. The second-order valence-electron chi connectivity index (χ2n) is 8.12. The molecular weight excluding hydrogens is 448 g/mol. The molecule has 5 aromatic rings. The van der Waals surface area contributed by atoms with Gasteiger partial charge in [-0.3, -0.25) is 4.68 Å². The van der Waals surface area contributed by atoms with Crippen molar-refractivity contribution < 1.29 is 12.9 Å². The minimum atomic E-state index is -3.47. The lowest BCUT2D eigenvalue weighted by Crippen LogP contribution is -2.05. The summed E-state index contributed by atoms with van der Waals surface area (Å²) in [5, 5.41) is 8.36. The summed E-state index contributed by atoms with van der Waals surface area (Å²) in [7, 11) is -1.58. The van der Waals surface area contributed by atoms with E-state index in [1.54, 1.807) is 53.3 Å². The van der Waals surface area contributed by atoms with Crippen molar-refractivity contribution in [1.82, 2.24) is 19.9 Å². The van der Waals surface area contributed by atoms with Crippen LogP contribution in [0.2, 0.25) is 0 Å². The minimum absolute atomic E-state index is 0.113. The summed E-state index contributed by atoms with van der Waals surface area (Å²) in [5.41, 5.74) is 5.11. The van der Waals surface area contributed by atoms with Crippen LogP contribution in [-0.4, -0.2) is 28.3 Å². The Bertz CT molecular complexity index is 1570. The molecule has 0 aliphatic heterocycles. The molecule has 3 aromatic carbocycles. The first-order chi connectivity index (χ1) is 16.4. The van der Waals surface area contributed by atoms with Crippen LogP contribution in [0.25, 0.3) is 34.1 Å². The van der Waals surface area contributed by atoms with E-state index < -0.39 is 9.84 Å². The van der Waals surface area contributed by atoms with Gasteiger partial charge in [-0.2, -0.15) is 10.1 Å². The highest BCUT2D eigenvalue weighted by Gasteiger charge is 2.17. The Morgan fingerprint density at radius 2 is 1.62 bits per heavy atom. The molecular formula is C26H22N4O3S. The van der Waals surface area contributed by atoms with Gasteiger partial charge in [0.15, 0.2) is 9.84 Å². The van der Waals surface area contributed by atoms with E-state index in [-0.39, 0.29) is 5.75 Å². The van der Waals surface area contributed by atoms with Gasteiger partial charge in [0.25, 0.3) is 5.89 Å². The molecule has 0 atom stereocenters. The van der Waals surface area contributed by atoms with Crippen LogP contribution in [0, 0.1) is 6.92 Å². The standard InChI is InChI=1S/C26H22N4O3S/c1-18-9-11-23(12-10-18)34(31,32)17-19-5-3-8-22(15-19)26-28-25(29-33-26)21-7-4-6-20(16-21)24-13-14-27-30(24)2/h3-16H,17H2,1-2H3. The zero-order chi connectivity index (χ0) is 23.7. The molecule has 0 saturated carbocycles. The quantitative estimate of drug-likeness (QED) is 0.343. The Labute approximate surface area is 197 Å². The predicted molar refractivity (Wildman–Crippen MR) is 129 cm³/mol. The summed E-state index contributed by atoms with van der Waals surface area (Å²) in [6, 6.07) is 23.8. The smallest absolute Gasteiger partial charge is 0.258 e. The SMILES string of the molecule is Cc1ccc(S(=O)(=O)Cc2cccc(-c3nc(-c4cccc(-c5ccnn5C)c4)no3)c2)cc1. The van der Waals surface area contributed by atoms with E-state index >= 15 is 0 Å². The highest BCUT2D eigenvalue weighted by atomic mass is 32.2. The zero-order valence-electron chi connectivity index (χ0n) is 18.7. The van der Waals surface area contributed by atoms with Gasteiger partial charge in [0.05, 0.1) is 16.3 Å². The highest BCUT2D eigenvalue weighted by Crippen LogP contribution is 2.27. The number of benzene rings is 3. The van der Waals surface area contributed by atoms with Gasteiger partial charge < -0.3 is 4.52 Å². The topological polar surface area (TPSA) is 90.9 Å². The monoisotopic (exact) mass is 470 g/mol. The van der Waals surface area contributed by atoms with Gasteiger partial charge in [-0.1, -0.05) is 53.2 Å². The lowest BCUT2D eigenvalue weighted by Gasteiger charge is -2.06. The van der Waals surface area contributed by atoms with Crippen molar-refractivity contribution >= 4 is 9.84 Å². The fourth-order valence-corrected chi connectivity index (χ4v) is 5.11. The Morgan fingerprint density at radius 1 is 0.882 bits per heavy atom. The van der Waals surface area contributed by atoms with Gasteiger partial charge in [-0.15, -0.1) is 0 Å². The van der Waals surface area contributed by atoms with Crippen molar-refractivity contribution in [3.05, 3.63) is 96.2 Å². The molecule has 0 N–H and O–H groups in total. The second-order valence-corrected chi connectivity index (χ2v) is 10.1.